The Morgan fingerprint density at radius 2 is 1.74 bits per heavy atom. The largest absolute Gasteiger partial charge is 0.497 e. The van der Waals surface area contributed by atoms with E-state index in [-0.39, 0.29) is 32.0 Å². The van der Waals surface area contributed by atoms with Crippen LogP contribution < -0.4 is 15.8 Å². The monoisotopic (exact) mass is 537 g/mol. The van der Waals surface area contributed by atoms with E-state index in [2.05, 4.69) is 20.5 Å². The number of halogens is 3. The fourth-order valence-electron chi connectivity index (χ4n) is 3.91. The molecule has 2 amide bonds. The van der Waals surface area contributed by atoms with Gasteiger partial charge < -0.3 is 15.8 Å². The van der Waals surface area contributed by atoms with Gasteiger partial charge in [0.25, 0.3) is 11.8 Å². The smallest absolute Gasteiger partial charge is 0.433 e. The topological polar surface area (TPSA) is 123 Å². The van der Waals surface area contributed by atoms with Crippen molar-refractivity contribution in [3.63, 3.8) is 0 Å². The molecule has 5 rings (SSSR count). The molecule has 0 atom stereocenters. The number of hydrogen-bond donors (Lipinski definition) is 3. The van der Waals surface area contributed by atoms with Crippen LogP contribution in [0.5, 0.6) is 5.75 Å². The lowest BCUT2D eigenvalue weighted by atomic mass is 10.0. The standard InChI is InChI=1S/C26H18F3N5O3S/c1-37-15-9-7-14(8-10-15)17-12-18(34-33-17)24(36)32-21-20-16(13-5-3-2-4-6-13)11-19(26(27,28)29)31-25(20)38-22(21)23(30)35/h2-12H,1H3,(H2,30,35)(H,32,36)(H,33,34). The minimum Gasteiger partial charge on any atom is -0.497 e. The number of methoxy groups -OCH3 is 1. The number of carbonyl (C=O) groups excluding carboxylic acids is 2. The predicted molar refractivity (Wildman–Crippen MR) is 137 cm³/mol. The van der Waals surface area contributed by atoms with Crippen LogP contribution in [0, 0.1) is 0 Å². The van der Waals surface area contributed by atoms with E-state index in [0.29, 0.717) is 28.3 Å². The van der Waals surface area contributed by atoms with Crippen LogP contribution in [0.4, 0.5) is 18.9 Å². The van der Waals surface area contributed by atoms with Gasteiger partial charge in [0.05, 0.1) is 18.5 Å². The lowest BCUT2D eigenvalue weighted by Gasteiger charge is -2.12. The minimum absolute atomic E-state index is 0.0248. The molecule has 3 aromatic heterocycles. The van der Waals surface area contributed by atoms with Gasteiger partial charge in [-0.1, -0.05) is 30.3 Å². The summed E-state index contributed by atoms with van der Waals surface area (Å²) >= 11 is 0.676. The van der Waals surface area contributed by atoms with Crippen LogP contribution in [-0.2, 0) is 6.18 Å². The maximum Gasteiger partial charge on any atom is 0.433 e. The Morgan fingerprint density at radius 1 is 1.03 bits per heavy atom. The third kappa shape index (κ3) is 4.68. The number of nitrogens with zero attached hydrogens (tertiary/aromatic N) is 2. The summed E-state index contributed by atoms with van der Waals surface area (Å²) in [6, 6.07) is 17.7. The summed E-state index contributed by atoms with van der Waals surface area (Å²) < 4.78 is 46.1. The van der Waals surface area contributed by atoms with E-state index < -0.39 is 23.7 Å². The van der Waals surface area contributed by atoms with Gasteiger partial charge in [0.1, 0.15) is 26.8 Å². The second kappa shape index (κ2) is 9.63. The number of H-pyrrole nitrogens is 1. The Morgan fingerprint density at radius 3 is 2.37 bits per heavy atom. The number of nitrogens with one attached hydrogen (secondary N) is 2. The lowest BCUT2D eigenvalue weighted by molar-refractivity contribution is -0.140. The van der Waals surface area contributed by atoms with Crippen LogP contribution in [0.15, 0.2) is 66.7 Å². The summed E-state index contributed by atoms with van der Waals surface area (Å²) in [5, 5.41) is 9.62. The number of ether oxygens (including phenoxy) is 1. The van der Waals surface area contributed by atoms with Gasteiger partial charge in [-0.05, 0) is 47.5 Å². The van der Waals surface area contributed by atoms with Gasteiger partial charge in [-0.2, -0.15) is 18.3 Å². The van der Waals surface area contributed by atoms with Crippen molar-refractivity contribution in [3.05, 3.63) is 83.0 Å². The molecule has 0 saturated carbocycles. The molecule has 4 N–H and O–H groups in total. The highest BCUT2D eigenvalue weighted by Gasteiger charge is 2.35. The van der Waals surface area contributed by atoms with Crippen molar-refractivity contribution in [3.8, 4) is 28.1 Å². The summed E-state index contributed by atoms with van der Waals surface area (Å²) in [4.78, 5) is 29.0. The zero-order chi connectivity index (χ0) is 27.0. The van der Waals surface area contributed by atoms with E-state index in [1.54, 1.807) is 61.7 Å². The van der Waals surface area contributed by atoms with Gasteiger partial charge in [-0.3, -0.25) is 14.7 Å². The van der Waals surface area contributed by atoms with E-state index >= 15 is 0 Å². The normalized spacial score (nSPS) is 11.5. The number of alkyl halides is 3. The first-order valence-electron chi connectivity index (χ1n) is 11.1. The highest BCUT2D eigenvalue weighted by atomic mass is 32.1. The first-order valence-corrected chi connectivity index (χ1v) is 11.9. The number of aromatic amines is 1. The van der Waals surface area contributed by atoms with Crippen LogP contribution in [0.3, 0.4) is 0 Å². The minimum atomic E-state index is -4.73. The molecule has 12 heteroatoms. The first-order chi connectivity index (χ1) is 18.2. The number of pyridine rings is 1. The molecule has 0 unspecified atom stereocenters. The molecule has 0 aliphatic heterocycles. The second-order valence-corrected chi connectivity index (χ2v) is 9.12. The van der Waals surface area contributed by atoms with Gasteiger partial charge in [-0.25, -0.2) is 4.98 Å². The molecule has 0 bridgehead atoms. The van der Waals surface area contributed by atoms with Gasteiger partial charge in [0, 0.05) is 10.9 Å². The molecule has 0 spiro atoms. The number of thiophene rings is 1. The molecule has 8 nitrogen and oxygen atoms in total. The highest BCUT2D eigenvalue weighted by molar-refractivity contribution is 7.21. The highest BCUT2D eigenvalue weighted by Crippen LogP contribution is 2.43. The number of rotatable bonds is 6. The number of aromatic nitrogens is 3. The van der Waals surface area contributed by atoms with Crippen molar-refractivity contribution in [2.75, 3.05) is 12.4 Å². The second-order valence-electron chi connectivity index (χ2n) is 8.12. The van der Waals surface area contributed by atoms with E-state index in [1.165, 1.54) is 6.07 Å². The van der Waals surface area contributed by atoms with Crippen molar-refractivity contribution < 1.29 is 27.5 Å². The Hall–Kier alpha value is -4.71. The van der Waals surface area contributed by atoms with Crippen molar-refractivity contribution in [2.45, 2.75) is 6.18 Å². The molecule has 0 aliphatic carbocycles. The van der Waals surface area contributed by atoms with Crippen LogP contribution in [0.1, 0.15) is 25.9 Å². The summed E-state index contributed by atoms with van der Waals surface area (Å²) in [6.07, 6.45) is -4.73. The summed E-state index contributed by atoms with van der Waals surface area (Å²) in [7, 11) is 1.54. The van der Waals surface area contributed by atoms with Crippen LogP contribution in [0.25, 0.3) is 32.6 Å². The van der Waals surface area contributed by atoms with Gasteiger partial charge in [0.15, 0.2) is 0 Å². The van der Waals surface area contributed by atoms with Crippen molar-refractivity contribution in [2.24, 2.45) is 5.73 Å². The average molecular weight is 538 g/mol. The Bertz CT molecular complexity index is 1660. The third-order valence-electron chi connectivity index (χ3n) is 5.71. The molecule has 5 aromatic rings. The zero-order valence-corrected chi connectivity index (χ0v) is 20.4. The van der Waals surface area contributed by atoms with Crippen molar-refractivity contribution in [1.82, 2.24) is 15.2 Å². The van der Waals surface area contributed by atoms with E-state index in [0.717, 1.165) is 11.6 Å². The van der Waals surface area contributed by atoms with E-state index in [4.69, 9.17) is 10.5 Å². The maximum atomic E-state index is 13.7. The molecular formula is C26H18F3N5O3S. The average Bonchev–Trinajstić information content (AvgIpc) is 3.54. The number of fused-ring (bicyclic) bond motifs is 1. The molecule has 192 valence electrons. The SMILES string of the molecule is COc1ccc(-c2cc(C(=O)Nc3c(C(N)=O)sc4nc(C(F)(F)F)cc(-c5ccccc5)c34)[nH]n2)cc1. The van der Waals surface area contributed by atoms with Crippen LogP contribution in [-0.4, -0.2) is 34.1 Å². The summed E-state index contributed by atoms with van der Waals surface area (Å²) in [5.41, 5.74) is 6.24. The maximum absolute atomic E-state index is 13.7. The molecule has 2 aromatic carbocycles. The number of anilines is 1. The number of hydrogen-bond acceptors (Lipinski definition) is 6. The Balaban J connectivity index is 1.60. The molecule has 0 fully saturated rings. The van der Waals surface area contributed by atoms with Gasteiger partial charge in [-0.15, -0.1) is 11.3 Å². The summed E-state index contributed by atoms with van der Waals surface area (Å²) in [5.74, 6) is -0.931. The molecule has 0 saturated heterocycles. The number of primary amides is 1. The fraction of sp³-hybridized carbons (Fsp3) is 0.0769. The zero-order valence-electron chi connectivity index (χ0n) is 19.6. The lowest BCUT2D eigenvalue weighted by Crippen LogP contribution is -2.17. The Labute approximate surface area is 217 Å². The number of amides is 2. The first kappa shape index (κ1) is 25.0. The molecule has 3 heterocycles. The fourth-order valence-corrected chi connectivity index (χ4v) is 4.92. The molecular weight excluding hydrogens is 519 g/mol. The summed E-state index contributed by atoms with van der Waals surface area (Å²) in [6.45, 7) is 0. The van der Waals surface area contributed by atoms with Crippen molar-refractivity contribution >= 4 is 39.1 Å². The predicted octanol–water partition coefficient (Wildman–Crippen LogP) is 5.73. The quantitative estimate of drug-likeness (QED) is 0.255. The molecule has 38 heavy (non-hydrogen) atoms. The van der Waals surface area contributed by atoms with Gasteiger partial charge >= 0.3 is 6.18 Å². The molecule has 0 radical (unpaired) electrons. The Kier molecular flexibility index (Phi) is 6.33. The van der Waals surface area contributed by atoms with Crippen molar-refractivity contribution in [1.29, 1.82) is 0 Å². The van der Waals surface area contributed by atoms with Crippen LogP contribution in [0.2, 0.25) is 0 Å². The van der Waals surface area contributed by atoms with E-state index in [1.807, 2.05) is 0 Å². The molecule has 0 aliphatic rings. The van der Waals surface area contributed by atoms with Gasteiger partial charge in [0.2, 0.25) is 0 Å². The van der Waals surface area contributed by atoms with Crippen LogP contribution >= 0.6 is 11.3 Å². The third-order valence-corrected chi connectivity index (χ3v) is 6.81. The van der Waals surface area contributed by atoms with E-state index in [9.17, 15) is 22.8 Å². The number of nitrogens with two attached hydrogens (primary N) is 1. The number of carbonyl (C=O) groups is 2. The number of benzene rings is 2.